The van der Waals surface area contributed by atoms with Gasteiger partial charge in [-0.05, 0) is 6.07 Å². The fraction of sp³-hybridized carbons (Fsp3) is 0.600. The van der Waals surface area contributed by atoms with Crippen LogP contribution in [0.4, 0.5) is 13.2 Å². The molecular formula is C15H18F3N3O2. The molecule has 1 atom stereocenters. The van der Waals surface area contributed by atoms with E-state index < -0.39 is 17.6 Å². The van der Waals surface area contributed by atoms with E-state index in [9.17, 15) is 18.0 Å². The van der Waals surface area contributed by atoms with Crippen molar-refractivity contribution in [2.45, 2.75) is 24.4 Å². The summed E-state index contributed by atoms with van der Waals surface area (Å²) in [6, 6.07) is 0.829. The number of rotatable bonds is 4. The van der Waals surface area contributed by atoms with Crippen LogP contribution in [0, 0.1) is 5.82 Å². The van der Waals surface area contributed by atoms with Gasteiger partial charge in [-0.15, -0.1) is 0 Å². The van der Waals surface area contributed by atoms with Crippen molar-refractivity contribution in [3.05, 3.63) is 29.8 Å². The van der Waals surface area contributed by atoms with E-state index in [4.69, 9.17) is 4.74 Å². The average Bonchev–Trinajstić information content (AvgIpc) is 2.73. The molecule has 0 aliphatic carbocycles. The Morgan fingerprint density at radius 2 is 2.22 bits per heavy atom. The molecule has 1 aromatic heterocycles. The fourth-order valence-electron chi connectivity index (χ4n) is 3.25. The second-order valence-electron chi connectivity index (χ2n) is 6.06. The molecule has 23 heavy (non-hydrogen) atoms. The van der Waals surface area contributed by atoms with Crippen LogP contribution in [0.3, 0.4) is 0 Å². The van der Waals surface area contributed by atoms with Gasteiger partial charge < -0.3 is 9.64 Å². The standard InChI is InChI=1S/C15H18F3N3O2/c1-23-8-10-4-15(17,18)9-21(10)11-6-20(7-11)14(22)12-2-3-19-5-13(12)16/h2-3,5,10-11H,4,6-9H2,1H3/t10-/m0/s1. The molecule has 0 N–H and O–H groups in total. The summed E-state index contributed by atoms with van der Waals surface area (Å²) < 4.78 is 45.9. The second-order valence-corrected chi connectivity index (χ2v) is 6.06. The lowest BCUT2D eigenvalue weighted by Gasteiger charge is -2.45. The quantitative estimate of drug-likeness (QED) is 0.838. The number of nitrogens with zero attached hydrogens (tertiary/aromatic N) is 3. The van der Waals surface area contributed by atoms with E-state index in [1.807, 2.05) is 0 Å². The minimum Gasteiger partial charge on any atom is -0.383 e. The van der Waals surface area contributed by atoms with Crippen molar-refractivity contribution in [1.29, 1.82) is 0 Å². The van der Waals surface area contributed by atoms with Crippen molar-refractivity contribution in [1.82, 2.24) is 14.8 Å². The van der Waals surface area contributed by atoms with E-state index in [0.29, 0.717) is 13.1 Å². The maximum atomic E-state index is 13.6. The van der Waals surface area contributed by atoms with E-state index in [1.54, 1.807) is 4.90 Å². The molecule has 0 bridgehead atoms. The molecule has 3 heterocycles. The first kappa shape index (κ1) is 16.2. The predicted molar refractivity (Wildman–Crippen MR) is 75.8 cm³/mol. The summed E-state index contributed by atoms with van der Waals surface area (Å²) in [6.07, 6.45) is 2.10. The molecule has 2 saturated heterocycles. The summed E-state index contributed by atoms with van der Waals surface area (Å²) >= 11 is 0. The number of hydrogen-bond acceptors (Lipinski definition) is 4. The number of alkyl halides is 2. The number of likely N-dealkylation sites (tertiary alicyclic amines) is 2. The Bertz CT molecular complexity index is 593. The number of halogens is 3. The van der Waals surface area contributed by atoms with Gasteiger partial charge in [0.2, 0.25) is 0 Å². The highest BCUT2D eigenvalue weighted by Gasteiger charge is 2.50. The second kappa shape index (κ2) is 6.09. The van der Waals surface area contributed by atoms with Crippen LogP contribution in [0.1, 0.15) is 16.8 Å². The molecule has 0 spiro atoms. The summed E-state index contributed by atoms with van der Waals surface area (Å²) in [7, 11) is 1.48. The summed E-state index contributed by atoms with van der Waals surface area (Å²) in [5.41, 5.74) is -0.0429. The van der Waals surface area contributed by atoms with Crippen LogP contribution in [-0.2, 0) is 4.74 Å². The predicted octanol–water partition coefficient (Wildman–Crippen LogP) is 1.40. The molecular weight excluding hydrogens is 311 g/mol. The van der Waals surface area contributed by atoms with Gasteiger partial charge in [-0.3, -0.25) is 14.7 Å². The minimum atomic E-state index is -2.73. The van der Waals surface area contributed by atoms with Crippen LogP contribution >= 0.6 is 0 Å². The van der Waals surface area contributed by atoms with E-state index in [-0.39, 0.29) is 37.2 Å². The number of carbonyl (C=O) groups is 1. The SMILES string of the molecule is COC[C@@H]1CC(F)(F)CN1C1CN(C(=O)c2ccncc2F)C1. The summed E-state index contributed by atoms with van der Waals surface area (Å²) in [5.74, 6) is -3.84. The van der Waals surface area contributed by atoms with E-state index in [1.165, 1.54) is 24.3 Å². The number of ether oxygens (including phenoxy) is 1. The Hall–Kier alpha value is -1.67. The molecule has 2 aliphatic rings. The molecule has 1 aromatic rings. The fourth-order valence-corrected chi connectivity index (χ4v) is 3.25. The van der Waals surface area contributed by atoms with Crippen LogP contribution in [0.15, 0.2) is 18.5 Å². The van der Waals surface area contributed by atoms with Crippen molar-refractivity contribution < 1.29 is 22.7 Å². The number of hydrogen-bond donors (Lipinski definition) is 0. The Kier molecular flexibility index (Phi) is 4.29. The van der Waals surface area contributed by atoms with Gasteiger partial charge in [0.05, 0.1) is 24.9 Å². The summed E-state index contributed by atoms with van der Waals surface area (Å²) in [6.45, 7) is 0.546. The number of carbonyl (C=O) groups excluding carboxylic acids is 1. The maximum Gasteiger partial charge on any atom is 0.262 e. The number of amides is 1. The van der Waals surface area contributed by atoms with Gasteiger partial charge in [0.15, 0.2) is 5.82 Å². The van der Waals surface area contributed by atoms with Crippen LogP contribution < -0.4 is 0 Å². The van der Waals surface area contributed by atoms with Gasteiger partial charge in [-0.25, -0.2) is 13.2 Å². The first-order chi connectivity index (χ1) is 10.9. The molecule has 0 saturated carbocycles. The minimum absolute atomic E-state index is 0.0429. The third kappa shape index (κ3) is 3.18. The number of methoxy groups -OCH3 is 1. The first-order valence-electron chi connectivity index (χ1n) is 7.42. The highest BCUT2D eigenvalue weighted by molar-refractivity contribution is 5.94. The largest absolute Gasteiger partial charge is 0.383 e. The molecule has 0 unspecified atom stereocenters. The molecule has 8 heteroatoms. The Labute approximate surface area is 132 Å². The van der Waals surface area contributed by atoms with Crippen molar-refractivity contribution in [2.75, 3.05) is 33.4 Å². The van der Waals surface area contributed by atoms with Crippen molar-refractivity contribution >= 4 is 5.91 Å². The lowest BCUT2D eigenvalue weighted by Crippen LogP contribution is -2.62. The van der Waals surface area contributed by atoms with E-state index >= 15 is 0 Å². The van der Waals surface area contributed by atoms with Gasteiger partial charge in [0.1, 0.15) is 0 Å². The van der Waals surface area contributed by atoms with Crippen LogP contribution in [0.5, 0.6) is 0 Å². The van der Waals surface area contributed by atoms with Crippen molar-refractivity contribution in [3.8, 4) is 0 Å². The third-order valence-corrected chi connectivity index (χ3v) is 4.40. The molecule has 5 nitrogen and oxygen atoms in total. The molecule has 0 aromatic carbocycles. The topological polar surface area (TPSA) is 45.7 Å². The highest BCUT2D eigenvalue weighted by atomic mass is 19.3. The molecule has 126 valence electrons. The Balaban J connectivity index is 1.62. The third-order valence-electron chi connectivity index (χ3n) is 4.40. The van der Waals surface area contributed by atoms with Gasteiger partial charge in [0, 0.05) is 44.9 Å². The van der Waals surface area contributed by atoms with Gasteiger partial charge in [-0.1, -0.05) is 0 Å². The first-order valence-corrected chi connectivity index (χ1v) is 7.42. The van der Waals surface area contributed by atoms with Gasteiger partial charge in [-0.2, -0.15) is 0 Å². The molecule has 2 fully saturated rings. The zero-order chi connectivity index (χ0) is 16.6. The number of pyridine rings is 1. The van der Waals surface area contributed by atoms with Crippen molar-refractivity contribution in [3.63, 3.8) is 0 Å². The van der Waals surface area contributed by atoms with Crippen molar-refractivity contribution in [2.24, 2.45) is 0 Å². The van der Waals surface area contributed by atoms with Crippen LogP contribution in [0.25, 0.3) is 0 Å². The van der Waals surface area contributed by atoms with Crippen LogP contribution in [-0.4, -0.2) is 72.0 Å². The lowest BCUT2D eigenvalue weighted by molar-refractivity contribution is -0.0137. The molecule has 1 amide bonds. The monoisotopic (exact) mass is 329 g/mol. The normalized spacial score (nSPS) is 24.7. The van der Waals surface area contributed by atoms with Crippen LogP contribution in [0.2, 0.25) is 0 Å². The van der Waals surface area contributed by atoms with E-state index in [2.05, 4.69) is 4.98 Å². The van der Waals surface area contributed by atoms with E-state index in [0.717, 1.165) is 6.20 Å². The zero-order valence-electron chi connectivity index (χ0n) is 12.7. The Morgan fingerprint density at radius 1 is 1.48 bits per heavy atom. The van der Waals surface area contributed by atoms with Gasteiger partial charge in [0.25, 0.3) is 11.8 Å². The molecule has 0 radical (unpaired) electrons. The summed E-state index contributed by atoms with van der Waals surface area (Å²) in [4.78, 5) is 19.0. The maximum absolute atomic E-state index is 13.6. The molecule has 2 aliphatic heterocycles. The lowest BCUT2D eigenvalue weighted by atomic mass is 10.0. The smallest absolute Gasteiger partial charge is 0.262 e. The average molecular weight is 329 g/mol. The highest BCUT2D eigenvalue weighted by Crippen LogP contribution is 2.35. The Morgan fingerprint density at radius 3 is 2.87 bits per heavy atom. The summed E-state index contributed by atoms with van der Waals surface area (Å²) in [5, 5.41) is 0. The molecule has 3 rings (SSSR count). The zero-order valence-corrected chi connectivity index (χ0v) is 12.7. The number of aromatic nitrogens is 1. The van der Waals surface area contributed by atoms with Gasteiger partial charge >= 0.3 is 0 Å².